The van der Waals surface area contributed by atoms with Crippen LogP contribution in [-0.2, 0) is 0 Å². The van der Waals surface area contributed by atoms with Crippen molar-refractivity contribution in [2.45, 2.75) is 32.7 Å². The standard InChI is InChI=1S/C13H20N2OS.ClH/c1-9-8-12(17-10(9)2)13(16)15-6-4-11(14-3)5-7-15;/h8,11,14H,4-7H2,1-3H3;1H. The van der Waals surface area contributed by atoms with E-state index >= 15 is 0 Å². The number of aryl methyl sites for hydroxylation is 2. The molecular formula is C13H21ClN2OS. The minimum atomic E-state index is 0. The van der Waals surface area contributed by atoms with Gasteiger partial charge in [-0.25, -0.2) is 0 Å². The topological polar surface area (TPSA) is 32.3 Å². The van der Waals surface area contributed by atoms with Gasteiger partial charge in [0.05, 0.1) is 4.88 Å². The summed E-state index contributed by atoms with van der Waals surface area (Å²) in [7, 11) is 1.99. The summed E-state index contributed by atoms with van der Waals surface area (Å²) < 4.78 is 0. The summed E-state index contributed by atoms with van der Waals surface area (Å²) in [5, 5.41) is 3.28. The van der Waals surface area contributed by atoms with Crippen molar-refractivity contribution in [3.63, 3.8) is 0 Å². The summed E-state index contributed by atoms with van der Waals surface area (Å²) in [5.74, 6) is 0.209. The van der Waals surface area contributed by atoms with Gasteiger partial charge in [0.1, 0.15) is 0 Å². The van der Waals surface area contributed by atoms with Crippen LogP contribution in [0.25, 0.3) is 0 Å². The molecule has 0 saturated carbocycles. The molecule has 2 rings (SSSR count). The van der Waals surface area contributed by atoms with Crippen molar-refractivity contribution in [2.24, 2.45) is 0 Å². The number of nitrogens with zero attached hydrogens (tertiary/aromatic N) is 1. The highest BCUT2D eigenvalue weighted by atomic mass is 35.5. The first kappa shape index (κ1) is 15.5. The second-order valence-corrected chi connectivity index (χ2v) is 5.96. The third-order valence-electron chi connectivity index (χ3n) is 3.57. The summed E-state index contributed by atoms with van der Waals surface area (Å²) in [5.41, 5.74) is 1.23. The molecule has 3 nitrogen and oxygen atoms in total. The number of hydrogen-bond donors (Lipinski definition) is 1. The molecule has 0 atom stereocenters. The van der Waals surface area contributed by atoms with Gasteiger partial charge in [0.15, 0.2) is 0 Å². The molecule has 1 aliphatic heterocycles. The van der Waals surface area contributed by atoms with Gasteiger partial charge in [-0.1, -0.05) is 0 Å². The number of carbonyl (C=O) groups is 1. The molecule has 1 fully saturated rings. The third-order valence-corrected chi connectivity index (χ3v) is 4.71. The molecule has 1 aliphatic rings. The fourth-order valence-electron chi connectivity index (χ4n) is 2.21. The zero-order valence-electron chi connectivity index (χ0n) is 11.2. The molecule has 0 spiro atoms. The Labute approximate surface area is 119 Å². The van der Waals surface area contributed by atoms with Crippen molar-refractivity contribution in [2.75, 3.05) is 20.1 Å². The molecule has 18 heavy (non-hydrogen) atoms. The van der Waals surface area contributed by atoms with E-state index in [1.807, 2.05) is 18.0 Å². The van der Waals surface area contributed by atoms with Crippen molar-refractivity contribution >= 4 is 29.7 Å². The van der Waals surface area contributed by atoms with E-state index < -0.39 is 0 Å². The molecule has 1 aromatic rings. The SMILES string of the molecule is CNC1CCN(C(=O)c2cc(C)c(C)s2)CC1.Cl. The lowest BCUT2D eigenvalue weighted by Crippen LogP contribution is -2.43. The number of piperidine rings is 1. The largest absolute Gasteiger partial charge is 0.338 e. The maximum atomic E-state index is 12.3. The maximum Gasteiger partial charge on any atom is 0.263 e. The lowest BCUT2D eigenvalue weighted by molar-refractivity contribution is 0.0712. The van der Waals surface area contributed by atoms with Gasteiger partial charge in [-0.15, -0.1) is 23.7 Å². The highest BCUT2D eigenvalue weighted by Gasteiger charge is 2.23. The molecule has 0 unspecified atom stereocenters. The van der Waals surface area contributed by atoms with E-state index in [9.17, 15) is 4.79 Å². The minimum absolute atomic E-state index is 0. The Hall–Kier alpha value is -0.580. The van der Waals surface area contributed by atoms with Crippen LogP contribution in [0.4, 0.5) is 0 Å². The van der Waals surface area contributed by atoms with Crippen LogP contribution in [0.3, 0.4) is 0 Å². The van der Waals surface area contributed by atoms with Crippen molar-refractivity contribution in [3.8, 4) is 0 Å². The molecule has 1 saturated heterocycles. The fourth-order valence-corrected chi connectivity index (χ4v) is 3.21. The average Bonchev–Trinajstić information content (AvgIpc) is 2.69. The number of rotatable bonds is 2. The van der Waals surface area contributed by atoms with E-state index in [1.54, 1.807) is 11.3 Å². The normalized spacial score (nSPS) is 16.5. The summed E-state index contributed by atoms with van der Waals surface area (Å²) >= 11 is 1.62. The molecule has 102 valence electrons. The predicted molar refractivity (Wildman–Crippen MR) is 79.0 cm³/mol. The van der Waals surface area contributed by atoms with E-state index in [0.29, 0.717) is 6.04 Å². The van der Waals surface area contributed by atoms with E-state index in [-0.39, 0.29) is 18.3 Å². The van der Waals surface area contributed by atoms with Crippen LogP contribution in [0.2, 0.25) is 0 Å². The third kappa shape index (κ3) is 3.25. The van der Waals surface area contributed by atoms with Gasteiger partial charge in [0.2, 0.25) is 0 Å². The van der Waals surface area contributed by atoms with Gasteiger partial charge in [0.25, 0.3) is 5.91 Å². The minimum Gasteiger partial charge on any atom is -0.338 e. The summed E-state index contributed by atoms with van der Waals surface area (Å²) in [6.07, 6.45) is 2.12. The number of thiophene rings is 1. The summed E-state index contributed by atoms with van der Waals surface area (Å²) in [6.45, 7) is 5.89. The number of carbonyl (C=O) groups excluding carboxylic acids is 1. The number of halogens is 1. The van der Waals surface area contributed by atoms with Gasteiger partial charge in [-0.3, -0.25) is 4.79 Å². The van der Waals surface area contributed by atoms with Crippen LogP contribution < -0.4 is 5.32 Å². The van der Waals surface area contributed by atoms with E-state index in [4.69, 9.17) is 0 Å². The Bertz CT molecular complexity index is 392. The second kappa shape index (κ2) is 6.55. The van der Waals surface area contributed by atoms with Gasteiger partial charge in [0, 0.05) is 24.0 Å². The van der Waals surface area contributed by atoms with Gasteiger partial charge in [-0.05, 0) is 45.4 Å². The lowest BCUT2D eigenvalue weighted by Gasteiger charge is -2.31. The Morgan fingerprint density at radius 3 is 2.44 bits per heavy atom. The van der Waals surface area contributed by atoms with Crippen LogP contribution in [0.5, 0.6) is 0 Å². The van der Waals surface area contributed by atoms with Gasteiger partial charge >= 0.3 is 0 Å². The second-order valence-electron chi connectivity index (χ2n) is 4.70. The van der Waals surface area contributed by atoms with Crippen molar-refractivity contribution in [3.05, 3.63) is 21.4 Å². The molecule has 2 heterocycles. The molecule has 0 bridgehead atoms. The van der Waals surface area contributed by atoms with Crippen molar-refractivity contribution < 1.29 is 4.79 Å². The lowest BCUT2D eigenvalue weighted by atomic mass is 10.1. The number of hydrogen-bond acceptors (Lipinski definition) is 3. The molecule has 5 heteroatoms. The highest BCUT2D eigenvalue weighted by Crippen LogP contribution is 2.23. The Kier molecular flexibility index (Phi) is 5.63. The maximum absolute atomic E-state index is 12.3. The molecule has 0 aliphatic carbocycles. The van der Waals surface area contributed by atoms with Crippen LogP contribution >= 0.6 is 23.7 Å². The number of amides is 1. The fraction of sp³-hybridized carbons (Fsp3) is 0.615. The quantitative estimate of drug-likeness (QED) is 0.907. The van der Waals surface area contributed by atoms with Crippen LogP contribution in [0, 0.1) is 13.8 Å². The van der Waals surface area contributed by atoms with E-state index in [2.05, 4.69) is 19.2 Å². The Morgan fingerprint density at radius 2 is 2.00 bits per heavy atom. The van der Waals surface area contributed by atoms with Crippen molar-refractivity contribution in [1.82, 2.24) is 10.2 Å². The van der Waals surface area contributed by atoms with Crippen LogP contribution in [0.1, 0.15) is 33.0 Å². The first-order valence-electron chi connectivity index (χ1n) is 6.15. The number of likely N-dealkylation sites (tertiary alicyclic amines) is 1. The van der Waals surface area contributed by atoms with Crippen LogP contribution in [-0.4, -0.2) is 37.0 Å². The first-order valence-corrected chi connectivity index (χ1v) is 6.97. The monoisotopic (exact) mass is 288 g/mol. The summed E-state index contributed by atoms with van der Waals surface area (Å²) in [4.78, 5) is 16.4. The molecule has 1 amide bonds. The zero-order valence-corrected chi connectivity index (χ0v) is 12.8. The first-order chi connectivity index (χ1) is 8.11. The summed E-state index contributed by atoms with van der Waals surface area (Å²) in [6, 6.07) is 2.60. The van der Waals surface area contributed by atoms with Crippen molar-refractivity contribution in [1.29, 1.82) is 0 Å². The predicted octanol–water partition coefficient (Wildman–Crippen LogP) is 2.61. The Morgan fingerprint density at radius 1 is 1.39 bits per heavy atom. The van der Waals surface area contributed by atoms with Gasteiger partial charge < -0.3 is 10.2 Å². The zero-order chi connectivity index (χ0) is 12.4. The van der Waals surface area contributed by atoms with E-state index in [0.717, 1.165) is 30.8 Å². The van der Waals surface area contributed by atoms with Gasteiger partial charge in [-0.2, -0.15) is 0 Å². The molecule has 1 N–H and O–H groups in total. The molecule has 0 aromatic carbocycles. The van der Waals surface area contributed by atoms with Crippen LogP contribution in [0.15, 0.2) is 6.07 Å². The average molecular weight is 289 g/mol. The molecule has 0 radical (unpaired) electrons. The Balaban J connectivity index is 0.00000162. The molecule has 1 aromatic heterocycles. The highest BCUT2D eigenvalue weighted by molar-refractivity contribution is 7.14. The molecular weight excluding hydrogens is 268 g/mol. The smallest absolute Gasteiger partial charge is 0.263 e. The van der Waals surface area contributed by atoms with E-state index in [1.165, 1.54) is 10.4 Å². The number of nitrogens with one attached hydrogen (secondary N) is 1.